The van der Waals surface area contributed by atoms with Crippen LogP contribution in [-0.2, 0) is 10.0 Å². The van der Waals surface area contributed by atoms with Crippen LogP contribution in [0.1, 0.15) is 38.8 Å². The van der Waals surface area contributed by atoms with E-state index in [0.717, 1.165) is 18.0 Å². The van der Waals surface area contributed by atoms with Crippen LogP contribution in [0, 0.1) is 11.3 Å². The molecule has 5 heteroatoms. The number of nitrogens with one attached hydrogen (secondary N) is 1. The maximum absolute atomic E-state index is 12.0. The number of benzene rings is 1. The third kappa shape index (κ3) is 3.65. The van der Waals surface area contributed by atoms with Crippen LogP contribution in [0.2, 0.25) is 0 Å². The fraction of sp³-hybridized carbons (Fsp3) is 0.625. The zero-order valence-corrected chi connectivity index (χ0v) is 14.4. The minimum absolute atomic E-state index is 0.234. The second-order valence-corrected chi connectivity index (χ2v) is 9.03. The predicted octanol–water partition coefficient (Wildman–Crippen LogP) is 2.63. The molecular formula is C16H26N2O2S. The van der Waals surface area contributed by atoms with Crippen molar-refractivity contribution >= 4 is 10.0 Å². The molecule has 21 heavy (non-hydrogen) atoms. The molecule has 2 atom stereocenters. The van der Waals surface area contributed by atoms with Crippen LogP contribution in [0.15, 0.2) is 29.2 Å². The van der Waals surface area contributed by atoms with Gasteiger partial charge in [0.15, 0.2) is 0 Å². The largest absolute Gasteiger partial charge is 0.310 e. The van der Waals surface area contributed by atoms with Crippen LogP contribution in [0.25, 0.3) is 0 Å². The van der Waals surface area contributed by atoms with Gasteiger partial charge in [-0.15, -0.1) is 0 Å². The van der Waals surface area contributed by atoms with Crippen molar-refractivity contribution in [2.45, 2.75) is 38.1 Å². The molecule has 1 aromatic carbocycles. The highest BCUT2D eigenvalue weighted by Gasteiger charge is 2.44. The first-order valence-electron chi connectivity index (χ1n) is 7.40. The molecule has 1 aromatic rings. The summed E-state index contributed by atoms with van der Waals surface area (Å²) in [6.07, 6.45) is 1.28. The molecule has 118 valence electrons. The van der Waals surface area contributed by atoms with E-state index in [-0.39, 0.29) is 6.04 Å². The van der Waals surface area contributed by atoms with Crippen LogP contribution < -0.4 is 5.32 Å². The monoisotopic (exact) mass is 310 g/mol. The van der Waals surface area contributed by atoms with E-state index in [0.29, 0.717) is 10.3 Å². The Bertz CT molecular complexity index is 591. The van der Waals surface area contributed by atoms with Gasteiger partial charge in [0, 0.05) is 20.1 Å². The van der Waals surface area contributed by atoms with E-state index in [1.54, 1.807) is 26.2 Å². The lowest BCUT2D eigenvalue weighted by atomic mass is 10.1. The predicted molar refractivity (Wildman–Crippen MR) is 85.6 cm³/mol. The highest BCUT2D eigenvalue weighted by molar-refractivity contribution is 7.89. The van der Waals surface area contributed by atoms with Gasteiger partial charge in [-0.1, -0.05) is 26.0 Å². The third-order valence-electron chi connectivity index (χ3n) is 4.55. The van der Waals surface area contributed by atoms with Crippen LogP contribution in [0.5, 0.6) is 0 Å². The maximum Gasteiger partial charge on any atom is 0.242 e. The van der Waals surface area contributed by atoms with Crippen LogP contribution in [-0.4, -0.2) is 33.4 Å². The molecule has 1 fully saturated rings. The maximum atomic E-state index is 12.0. The number of nitrogens with zero attached hydrogens (tertiary/aromatic N) is 1. The number of sulfonamides is 1. The van der Waals surface area contributed by atoms with Gasteiger partial charge in [0.2, 0.25) is 10.0 Å². The van der Waals surface area contributed by atoms with E-state index in [1.165, 1.54) is 10.7 Å². The number of hydrogen-bond donors (Lipinski definition) is 1. The minimum atomic E-state index is -3.34. The molecule has 1 saturated carbocycles. The topological polar surface area (TPSA) is 49.4 Å². The summed E-state index contributed by atoms with van der Waals surface area (Å²) in [4.78, 5) is 0.340. The molecule has 0 saturated heterocycles. The second kappa shape index (κ2) is 5.71. The van der Waals surface area contributed by atoms with E-state index in [1.807, 2.05) is 12.1 Å². The average Bonchev–Trinajstić information content (AvgIpc) is 3.03. The average molecular weight is 310 g/mol. The van der Waals surface area contributed by atoms with Gasteiger partial charge >= 0.3 is 0 Å². The first-order valence-corrected chi connectivity index (χ1v) is 8.84. The van der Waals surface area contributed by atoms with E-state index >= 15 is 0 Å². The summed E-state index contributed by atoms with van der Waals surface area (Å²) in [6, 6.07) is 7.39. The lowest BCUT2D eigenvalue weighted by molar-refractivity contribution is 0.485. The summed E-state index contributed by atoms with van der Waals surface area (Å²) in [5.74, 6) is 0.758. The molecular weight excluding hydrogens is 284 g/mol. The normalized spacial score (nSPS) is 22.3. The SMILES string of the molecule is CC(NCC1CC1(C)C)c1ccc(S(=O)(=O)N(C)C)cc1. The minimum Gasteiger partial charge on any atom is -0.310 e. The van der Waals surface area contributed by atoms with Gasteiger partial charge in [-0.05, 0) is 48.9 Å². The molecule has 2 rings (SSSR count). The van der Waals surface area contributed by atoms with Crippen LogP contribution in [0.4, 0.5) is 0 Å². The van der Waals surface area contributed by atoms with Crippen molar-refractivity contribution in [2.75, 3.05) is 20.6 Å². The van der Waals surface area contributed by atoms with Crippen molar-refractivity contribution in [3.63, 3.8) is 0 Å². The Labute approximate surface area is 128 Å². The molecule has 1 aliphatic carbocycles. The van der Waals surface area contributed by atoms with Crippen LogP contribution in [0.3, 0.4) is 0 Å². The molecule has 0 aliphatic heterocycles. The van der Waals surface area contributed by atoms with Gasteiger partial charge < -0.3 is 5.32 Å². The van der Waals surface area contributed by atoms with Crippen molar-refractivity contribution < 1.29 is 8.42 Å². The molecule has 4 nitrogen and oxygen atoms in total. The molecule has 0 bridgehead atoms. The quantitative estimate of drug-likeness (QED) is 0.879. The van der Waals surface area contributed by atoms with Gasteiger partial charge in [-0.3, -0.25) is 0 Å². The van der Waals surface area contributed by atoms with Gasteiger partial charge in [-0.2, -0.15) is 0 Å². The molecule has 0 amide bonds. The highest BCUT2D eigenvalue weighted by atomic mass is 32.2. The summed E-state index contributed by atoms with van der Waals surface area (Å²) in [5.41, 5.74) is 1.60. The lowest BCUT2D eigenvalue weighted by Gasteiger charge is -2.16. The van der Waals surface area contributed by atoms with E-state index < -0.39 is 10.0 Å². The number of hydrogen-bond acceptors (Lipinski definition) is 3. The first kappa shape index (κ1) is 16.5. The molecule has 2 unspecified atom stereocenters. The van der Waals surface area contributed by atoms with Crippen molar-refractivity contribution in [2.24, 2.45) is 11.3 Å². The summed E-state index contributed by atoms with van der Waals surface area (Å²) >= 11 is 0. The van der Waals surface area contributed by atoms with Crippen molar-refractivity contribution in [3.8, 4) is 0 Å². The fourth-order valence-electron chi connectivity index (χ4n) is 2.50. The van der Waals surface area contributed by atoms with Gasteiger partial charge in [-0.25, -0.2) is 12.7 Å². The lowest BCUT2D eigenvalue weighted by Crippen LogP contribution is -2.23. The molecule has 0 aromatic heterocycles. The molecule has 0 radical (unpaired) electrons. The van der Waals surface area contributed by atoms with Crippen molar-refractivity contribution in [1.82, 2.24) is 9.62 Å². The summed E-state index contributed by atoms with van der Waals surface area (Å²) < 4.78 is 25.3. The zero-order chi connectivity index (χ0) is 15.8. The van der Waals surface area contributed by atoms with E-state index in [9.17, 15) is 8.42 Å². The zero-order valence-electron chi connectivity index (χ0n) is 13.6. The first-order chi connectivity index (χ1) is 9.64. The molecule has 0 heterocycles. The Morgan fingerprint density at radius 3 is 2.24 bits per heavy atom. The van der Waals surface area contributed by atoms with Crippen molar-refractivity contribution in [3.05, 3.63) is 29.8 Å². The fourth-order valence-corrected chi connectivity index (χ4v) is 3.40. The Balaban J connectivity index is 1.99. The molecule has 0 spiro atoms. The summed E-state index contributed by atoms with van der Waals surface area (Å²) in [5, 5.41) is 3.54. The second-order valence-electron chi connectivity index (χ2n) is 6.88. The van der Waals surface area contributed by atoms with Gasteiger partial charge in [0.1, 0.15) is 0 Å². The Hall–Kier alpha value is -0.910. The summed E-state index contributed by atoms with van der Waals surface area (Å²) in [7, 11) is -0.245. The Kier molecular flexibility index (Phi) is 4.47. The Morgan fingerprint density at radius 1 is 1.29 bits per heavy atom. The van der Waals surface area contributed by atoms with Gasteiger partial charge in [0.25, 0.3) is 0 Å². The molecule has 1 N–H and O–H groups in total. The third-order valence-corrected chi connectivity index (χ3v) is 6.38. The number of rotatable bonds is 6. The van der Waals surface area contributed by atoms with Crippen molar-refractivity contribution in [1.29, 1.82) is 0 Å². The van der Waals surface area contributed by atoms with Crippen LogP contribution >= 0.6 is 0 Å². The van der Waals surface area contributed by atoms with E-state index in [4.69, 9.17) is 0 Å². The summed E-state index contributed by atoms with van der Waals surface area (Å²) in [6.45, 7) is 7.73. The molecule has 1 aliphatic rings. The van der Waals surface area contributed by atoms with E-state index in [2.05, 4.69) is 26.1 Å². The van der Waals surface area contributed by atoms with Gasteiger partial charge in [0.05, 0.1) is 4.90 Å². The smallest absolute Gasteiger partial charge is 0.242 e. The highest BCUT2D eigenvalue weighted by Crippen LogP contribution is 2.51. The Morgan fingerprint density at radius 2 is 1.81 bits per heavy atom. The standard InChI is InChI=1S/C16H26N2O2S/c1-12(17-11-14-10-16(14,2)3)13-6-8-15(9-7-13)21(19,20)18(4)5/h6-9,12,14,17H,10-11H2,1-5H3.